The number of fused-ring (bicyclic) bond motifs is 1. The van der Waals surface area contributed by atoms with Crippen molar-refractivity contribution in [3.05, 3.63) is 47.9 Å². The first kappa shape index (κ1) is 31.1. The predicted octanol–water partition coefficient (Wildman–Crippen LogP) is 4.42. The molecule has 1 aromatic carbocycles. The number of carbonyl (C=O) groups is 1. The SMILES string of the molecule is CCC(CC)COC(=O)[C@H](C)NP(=O)(OC[C@H]1O[C@@H](n2ccc3c(N)nc(Cl)nc32)[C@@H](F)[C@@H]1O)Oc1ccccc1. The van der Waals surface area contributed by atoms with Crippen LogP contribution in [0.15, 0.2) is 42.6 Å². The zero-order chi connectivity index (χ0) is 29.7. The maximum absolute atomic E-state index is 15.3. The fourth-order valence-electron chi connectivity index (χ4n) is 4.32. The highest BCUT2D eigenvalue weighted by Crippen LogP contribution is 2.46. The van der Waals surface area contributed by atoms with Crippen LogP contribution in [0.5, 0.6) is 5.75 Å². The smallest absolute Gasteiger partial charge is 0.459 e. The molecule has 2 aromatic heterocycles. The molecule has 0 saturated carbocycles. The average Bonchev–Trinajstić information content (AvgIpc) is 3.48. The summed E-state index contributed by atoms with van der Waals surface area (Å²) in [5.41, 5.74) is 6.10. The molecule has 1 fully saturated rings. The van der Waals surface area contributed by atoms with E-state index in [1.807, 2.05) is 13.8 Å². The number of aliphatic hydroxyl groups excluding tert-OH is 1. The van der Waals surface area contributed by atoms with E-state index in [0.29, 0.717) is 5.39 Å². The van der Waals surface area contributed by atoms with Crippen LogP contribution in [-0.4, -0.2) is 63.2 Å². The number of nitrogens with zero attached hydrogens (tertiary/aromatic N) is 3. The Balaban J connectivity index is 1.48. The van der Waals surface area contributed by atoms with Gasteiger partial charge in [0.1, 0.15) is 35.5 Å². The van der Waals surface area contributed by atoms with Crippen molar-refractivity contribution >= 4 is 42.2 Å². The predicted molar refractivity (Wildman–Crippen MR) is 150 cm³/mol. The summed E-state index contributed by atoms with van der Waals surface area (Å²) < 4.78 is 52.8. The fraction of sp³-hybridized carbons (Fsp3) is 0.500. The second kappa shape index (κ2) is 13.5. The fourth-order valence-corrected chi connectivity index (χ4v) is 5.99. The second-order valence-corrected chi connectivity index (χ2v) is 11.7. The standard InChI is InChI=1S/C26H34ClFN5O7P/c1-4-16(5-2)13-37-25(35)15(3)32-41(36,40-17-9-7-6-8-10-17)38-14-19-21(34)20(28)24(39-19)33-12-11-18-22(29)30-26(27)31-23(18)33/h6-12,15-16,19-21,24,34H,4-5,13-14H2,1-3H3,(H,32,36)(H2,29,30,31)/t15-,19+,20-,21+,24+,41?/m0/s1. The second-order valence-electron chi connectivity index (χ2n) is 9.70. The first-order valence-corrected chi connectivity index (χ1v) is 15.2. The van der Waals surface area contributed by atoms with Crippen LogP contribution in [0.3, 0.4) is 0 Å². The zero-order valence-electron chi connectivity index (χ0n) is 22.9. The topological polar surface area (TPSA) is 160 Å². The van der Waals surface area contributed by atoms with Gasteiger partial charge < -0.3 is 29.4 Å². The number of aliphatic hydroxyl groups is 1. The van der Waals surface area contributed by atoms with Crippen LogP contribution in [0.25, 0.3) is 11.0 Å². The number of aromatic nitrogens is 3. The number of benzene rings is 1. The normalized spacial score (nSPS) is 23.0. The first-order valence-electron chi connectivity index (χ1n) is 13.3. The molecule has 3 heterocycles. The lowest BCUT2D eigenvalue weighted by Crippen LogP contribution is -2.37. The lowest BCUT2D eigenvalue weighted by Gasteiger charge is -2.25. The number of halogens is 2. The molecule has 15 heteroatoms. The summed E-state index contributed by atoms with van der Waals surface area (Å²) in [7, 11) is -4.27. The quantitative estimate of drug-likeness (QED) is 0.142. The molecule has 1 saturated heterocycles. The molecule has 4 N–H and O–H groups in total. The summed E-state index contributed by atoms with van der Waals surface area (Å²) in [5, 5.41) is 13.5. The van der Waals surface area contributed by atoms with Crippen LogP contribution < -0.4 is 15.3 Å². The molecule has 0 aliphatic carbocycles. The van der Waals surface area contributed by atoms with Crippen molar-refractivity contribution in [3.8, 4) is 5.75 Å². The number of carbonyl (C=O) groups excluding carboxylic acids is 1. The van der Waals surface area contributed by atoms with E-state index in [0.717, 1.165) is 12.8 Å². The number of hydrogen-bond acceptors (Lipinski definition) is 10. The van der Waals surface area contributed by atoms with Crippen molar-refractivity contribution < 1.29 is 37.4 Å². The van der Waals surface area contributed by atoms with Crippen molar-refractivity contribution in [2.75, 3.05) is 18.9 Å². The van der Waals surface area contributed by atoms with Crippen LogP contribution in [0.2, 0.25) is 5.28 Å². The summed E-state index contributed by atoms with van der Waals surface area (Å²) in [5.74, 6) is -0.139. The molecule has 224 valence electrons. The molecule has 4 rings (SSSR count). The van der Waals surface area contributed by atoms with Gasteiger partial charge in [0, 0.05) is 6.20 Å². The maximum atomic E-state index is 15.3. The van der Waals surface area contributed by atoms with Gasteiger partial charge in [0.15, 0.2) is 12.4 Å². The summed E-state index contributed by atoms with van der Waals surface area (Å²) in [6.07, 6.45) is -2.96. The van der Waals surface area contributed by atoms with E-state index in [1.165, 1.54) is 17.7 Å². The number of nitrogens with two attached hydrogens (primary N) is 1. The zero-order valence-corrected chi connectivity index (χ0v) is 24.5. The van der Waals surface area contributed by atoms with Crippen LogP contribution >= 0.6 is 19.3 Å². The van der Waals surface area contributed by atoms with Crippen molar-refractivity contribution in [2.24, 2.45) is 5.92 Å². The Kier molecular flexibility index (Phi) is 10.2. The molecule has 0 amide bonds. The average molecular weight is 614 g/mol. The third-order valence-corrected chi connectivity index (χ3v) is 8.65. The van der Waals surface area contributed by atoms with Gasteiger partial charge in [-0.15, -0.1) is 0 Å². The van der Waals surface area contributed by atoms with E-state index < -0.39 is 51.0 Å². The van der Waals surface area contributed by atoms with E-state index in [1.54, 1.807) is 36.4 Å². The van der Waals surface area contributed by atoms with Crippen molar-refractivity contribution in [2.45, 2.75) is 64.3 Å². The summed E-state index contributed by atoms with van der Waals surface area (Å²) >= 11 is 5.93. The number of nitrogen functional groups attached to an aromatic ring is 1. The summed E-state index contributed by atoms with van der Waals surface area (Å²) in [4.78, 5) is 20.6. The van der Waals surface area contributed by atoms with E-state index in [9.17, 15) is 14.5 Å². The molecule has 41 heavy (non-hydrogen) atoms. The molecule has 3 aromatic rings. The molecule has 0 radical (unpaired) electrons. The van der Waals surface area contributed by atoms with Crippen LogP contribution in [0.4, 0.5) is 10.2 Å². The number of hydrogen-bond donors (Lipinski definition) is 3. The molecular formula is C26H34ClFN5O7P. The highest BCUT2D eigenvalue weighted by molar-refractivity contribution is 7.52. The minimum Gasteiger partial charge on any atom is -0.464 e. The number of nitrogens with one attached hydrogen (secondary N) is 1. The highest BCUT2D eigenvalue weighted by Gasteiger charge is 2.47. The van der Waals surface area contributed by atoms with Gasteiger partial charge in [0.2, 0.25) is 5.28 Å². The van der Waals surface area contributed by atoms with Crippen LogP contribution in [-0.2, 0) is 23.4 Å². The Morgan fingerprint density at radius 1 is 1.27 bits per heavy atom. The van der Waals surface area contributed by atoms with Crippen molar-refractivity contribution in [1.82, 2.24) is 19.6 Å². The van der Waals surface area contributed by atoms with Gasteiger partial charge in [-0.3, -0.25) is 9.32 Å². The van der Waals surface area contributed by atoms with Gasteiger partial charge in [-0.2, -0.15) is 10.1 Å². The van der Waals surface area contributed by atoms with Gasteiger partial charge in [-0.05, 0) is 42.6 Å². The number of para-hydroxylation sites is 1. The third-order valence-electron chi connectivity index (χ3n) is 6.84. The minimum atomic E-state index is -4.27. The van der Waals surface area contributed by atoms with Crippen LogP contribution in [0.1, 0.15) is 39.8 Å². The van der Waals surface area contributed by atoms with Crippen molar-refractivity contribution in [3.63, 3.8) is 0 Å². The minimum absolute atomic E-state index is 0.102. The number of rotatable bonds is 13. The van der Waals surface area contributed by atoms with E-state index in [4.69, 9.17) is 35.9 Å². The summed E-state index contributed by atoms with van der Waals surface area (Å²) in [6, 6.07) is 8.68. The van der Waals surface area contributed by atoms with Crippen molar-refractivity contribution in [1.29, 1.82) is 0 Å². The molecule has 6 atom stereocenters. The third kappa shape index (κ3) is 7.35. The molecule has 0 bridgehead atoms. The molecule has 1 unspecified atom stereocenters. The Bertz CT molecular complexity index is 1380. The number of anilines is 1. The molecule has 1 aliphatic rings. The largest absolute Gasteiger partial charge is 0.464 e. The molecule has 1 aliphatic heterocycles. The number of ether oxygens (including phenoxy) is 2. The van der Waals surface area contributed by atoms with Gasteiger partial charge in [0.25, 0.3) is 0 Å². The van der Waals surface area contributed by atoms with Gasteiger partial charge in [-0.25, -0.2) is 13.9 Å². The van der Waals surface area contributed by atoms with E-state index >= 15 is 4.39 Å². The van der Waals surface area contributed by atoms with Gasteiger partial charge >= 0.3 is 13.7 Å². The Hall–Kier alpha value is -2.80. The van der Waals surface area contributed by atoms with Gasteiger partial charge in [-0.1, -0.05) is 44.9 Å². The lowest BCUT2D eigenvalue weighted by molar-refractivity contribution is -0.146. The lowest BCUT2D eigenvalue weighted by atomic mass is 10.1. The molecule has 12 nitrogen and oxygen atoms in total. The van der Waals surface area contributed by atoms with Crippen LogP contribution in [0, 0.1) is 5.92 Å². The number of alkyl halides is 1. The highest BCUT2D eigenvalue weighted by atomic mass is 35.5. The van der Waals surface area contributed by atoms with E-state index in [2.05, 4.69) is 15.1 Å². The maximum Gasteiger partial charge on any atom is 0.459 e. The Labute approximate surface area is 241 Å². The first-order chi connectivity index (χ1) is 19.5. The van der Waals surface area contributed by atoms with E-state index in [-0.39, 0.29) is 35.0 Å². The van der Waals surface area contributed by atoms with Gasteiger partial charge in [0.05, 0.1) is 18.6 Å². The monoisotopic (exact) mass is 613 g/mol. The molecular weight excluding hydrogens is 580 g/mol. The Morgan fingerprint density at radius 2 is 1.98 bits per heavy atom. The number of esters is 1. The molecule has 0 spiro atoms. The Morgan fingerprint density at radius 3 is 2.66 bits per heavy atom. The summed E-state index contributed by atoms with van der Waals surface area (Å²) in [6.45, 7) is 5.15.